The van der Waals surface area contributed by atoms with Crippen molar-refractivity contribution in [3.63, 3.8) is 0 Å². The van der Waals surface area contributed by atoms with Crippen LogP contribution in [0.1, 0.15) is 12.5 Å². The van der Waals surface area contributed by atoms with E-state index >= 15 is 0 Å². The van der Waals surface area contributed by atoms with Crippen LogP contribution >= 0.6 is 0 Å². The minimum atomic E-state index is -3.48. The Bertz CT molecular complexity index is 431. The van der Waals surface area contributed by atoms with Gasteiger partial charge in [0.15, 0.2) is 0 Å². The molecule has 5 heteroatoms. The number of hydrogen-bond donors (Lipinski definition) is 1. The zero-order valence-electron chi connectivity index (χ0n) is 8.48. The minimum Gasteiger partial charge on any atom is -0.229 e. The Morgan fingerprint density at radius 1 is 1.40 bits per heavy atom. The first kappa shape index (κ1) is 12.1. The lowest BCUT2D eigenvalue weighted by Crippen LogP contribution is -2.22. The van der Waals surface area contributed by atoms with E-state index < -0.39 is 10.0 Å². The predicted molar refractivity (Wildman–Crippen MR) is 57.2 cm³/mol. The first-order valence-corrected chi connectivity index (χ1v) is 6.34. The molecule has 0 aliphatic rings. The molecule has 1 atom stereocenters. The van der Waals surface area contributed by atoms with Crippen LogP contribution in [0.4, 0.5) is 4.39 Å². The molecule has 0 aliphatic heterocycles. The number of rotatable bonds is 4. The highest BCUT2D eigenvalue weighted by molar-refractivity contribution is 7.89. The van der Waals surface area contributed by atoms with Gasteiger partial charge in [0, 0.05) is 0 Å². The second kappa shape index (κ2) is 4.72. The first-order chi connectivity index (χ1) is 6.88. The molecule has 0 amide bonds. The Morgan fingerprint density at radius 2 is 2.00 bits per heavy atom. The number of benzene rings is 1. The standard InChI is InChI=1S/C10H14FNO2S/c1-8(7-15(12,13)14)6-9-4-2-3-5-10(9)11/h2-5,8H,6-7H2,1H3,(H2,12,13,14). The van der Waals surface area contributed by atoms with E-state index in [0.29, 0.717) is 12.0 Å². The molecule has 0 radical (unpaired) electrons. The maximum Gasteiger partial charge on any atom is 0.209 e. The topological polar surface area (TPSA) is 60.2 Å². The molecule has 0 aliphatic carbocycles. The fraction of sp³-hybridized carbons (Fsp3) is 0.400. The van der Waals surface area contributed by atoms with Crippen molar-refractivity contribution in [2.75, 3.05) is 5.75 Å². The molecule has 84 valence electrons. The molecule has 1 unspecified atom stereocenters. The quantitative estimate of drug-likeness (QED) is 0.848. The third-order valence-corrected chi connectivity index (χ3v) is 3.08. The summed E-state index contributed by atoms with van der Waals surface area (Å²) >= 11 is 0. The molecule has 0 bridgehead atoms. The summed E-state index contributed by atoms with van der Waals surface area (Å²) in [6.45, 7) is 1.73. The van der Waals surface area contributed by atoms with Gasteiger partial charge in [-0.1, -0.05) is 25.1 Å². The molecule has 0 fully saturated rings. The SMILES string of the molecule is CC(Cc1ccccc1F)CS(N)(=O)=O. The first-order valence-electron chi connectivity index (χ1n) is 4.62. The van der Waals surface area contributed by atoms with Crippen molar-refractivity contribution in [1.82, 2.24) is 0 Å². The van der Waals surface area contributed by atoms with Crippen molar-refractivity contribution in [2.24, 2.45) is 11.1 Å². The maximum atomic E-state index is 13.2. The van der Waals surface area contributed by atoms with Gasteiger partial charge in [-0.25, -0.2) is 17.9 Å². The summed E-state index contributed by atoms with van der Waals surface area (Å²) in [6.07, 6.45) is 0.378. The van der Waals surface area contributed by atoms with E-state index in [2.05, 4.69) is 0 Å². The Hall–Kier alpha value is -0.940. The van der Waals surface area contributed by atoms with Crippen LogP contribution in [0.25, 0.3) is 0 Å². The van der Waals surface area contributed by atoms with E-state index in [1.807, 2.05) is 0 Å². The molecule has 2 N–H and O–H groups in total. The molecule has 1 rings (SSSR count). The van der Waals surface area contributed by atoms with E-state index in [1.165, 1.54) is 6.07 Å². The monoisotopic (exact) mass is 231 g/mol. The molecular weight excluding hydrogens is 217 g/mol. The fourth-order valence-corrected chi connectivity index (χ4v) is 2.41. The number of sulfonamides is 1. The fourth-order valence-electron chi connectivity index (χ4n) is 1.49. The van der Waals surface area contributed by atoms with Crippen LogP contribution in [0.3, 0.4) is 0 Å². The lowest BCUT2D eigenvalue weighted by molar-refractivity contribution is 0.554. The summed E-state index contributed by atoms with van der Waals surface area (Å²) in [5.74, 6) is -0.614. The highest BCUT2D eigenvalue weighted by atomic mass is 32.2. The zero-order valence-corrected chi connectivity index (χ0v) is 9.30. The van der Waals surface area contributed by atoms with E-state index in [1.54, 1.807) is 25.1 Å². The zero-order chi connectivity index (χ0) is 11.5. The smallest absolute Gasteiger partial charge is 0.209 e. The van der Waals surface area contributed by atoms with Crippen LogP contribution in [0.5, 0.6) is 0 Å². The van der Waals surface area contributed by atoms with Crippen LogP contribution in [0.2, 0.25) is 0 Å². The lowest BCUT2D eigenvalue weighted by Gasteiger charge is -2.10. The van der Waals surface area contributed by atoms with E-state index in [9.17, 15) is 12.8 Å². The Labute approximate surface area is 89.2 Å². The van der Waals surface area contributed by atoms with Gasteiger partial charge in [-0.05, 0) is 24.0 Å². The van der Waals surface area contributed by atoms with Gasteiger partial charge in [-0.3, -0.25) is 0 Å². The van der Waals surface area contributed by atoms with Crippen molar-refractivity contribution >= 4 is 10.0 Å². The van der Waals surface area contributed by atoms with Gasteiger partial charge in [0.05, 0.1) is 5.75 Å². The molecular formula is C10H14FNO2S. The van der Waals surface area contributed by atoms with Gasteiger partial charge < -0.3 is 0 Å². The van der Waals surface area contributed by atoms with E-state index in [0.717, 1.165) is 0 Å². The van der Waals surface area contributed by atoms with Crippen molar-refractivity contribution in [1.29, 1.82) is 0 Å². The largest absolute Gasteiger partial charge is 0.229 e. The van der Waals surface area contributed by atoms with Crippen molar-refractivity contribution in [2.45, 2.75) is 13.3 Å². The molecule has 3 nitrogen and oxygen atoms in total. The van der Waals surface area contributed by atoms with Crippen LogP contribution in [-0.2, 0) is 16.4 Å². The average molecular weight is 231 g/mol. The van der Waals surface area contributed by atoms with Crippen molar-refractivity contribution in [3.05, 3.63) is 35.6 Å². The van der Waals surface area contributed by atoms with Crippen molar-refractivity contribution < 1.29 is 12.8 Å². The highest BCUT2D eigenvalue weighted by Crippen LogP contribution is 2.13. The summed E-state index contributed by atoms with van der Waals surface area (Å²) in [5.41, 5.74) is 0.522. The third-order valence-electron chi connectivity index (χ3n) is 2.04. The minimum absolute atomic E-state index is 0.124. The summed E-state index contributed by atoms with van der Waals surface area (Å²) in [6, 6.07) is 6.33. The summed E-state index contributed by atoms with van der Waals surface area (Å²) < 4.78 is 34.8. The molecule has 0 saturated heterocycles. The molecule has 0 heterocycles. The van der Waals surface area contributed by atoms with Crippen molar-refractivity contribution in [3.8, 4) is 0 Å². The number of halogens is 1. The van der Waals surface area contributed by atoms with Gasteiger partial charge in [-0.2, -0.15) is 0 Å². The predicted octanol–water partition coefficient (Wildman–Crippen LogP) is 1.29. The molecule has 0 aromatic heterocycles. The van der Waals surface area contributed by atoms with Crippen LogP contribution in [-0.4, -0.2) is 14.2 Å². The molecule has 1 aromatic rings. The third kappa shape index (κ3) is 4.40. The van der Waals surface area contributed by atoms with E-state index in [-0.39, 0.29) is 17.5 Å². The molecule has 1 aromatic carbocycles. The number of primary sulfonamides is 1. The van der Waals surface area contributed by atoms with Crippen LogP contribution < -0.4 is 5.14 Å². The summed E-state index contributed by atoms with van der Waals surface area (Å²) in [4.78, 5) is 0. The van der Waals surface area contributed by atoms with E-state index in [4.69, 9.17) is 5.14 Å². The summed E-state index contributed by atoms with van der Waals surface area (Å²) in [7, 11) is -3.48. The van der Waals surface area contributed by atoms with Gasteiger partial charge in [0.1, 0.15) is 5.82 Å². The number of hydrogen-bond acceptors (Lipinski definition) is 2. The van der Waals surface area contributed by atoms with Gasteiger partial charge >= 0.3 is 0 Å². The molecule has 0 saturated carbocycles. The Morgan fingerprint density at radius 3 is 2.53 bits per heavy atom. The second-order valence-corrected chi connectivity index (χ2v) is 5.39. The van der Waals surface area contributed by atoms with Gasteiger partial charge in [0.2, 0.25) is 10.0 Å². The number of nitrogens with two attached hydrogens (primary N) is 1. The maximum absolute atomic E-state index is 13.2. The molecule has 15 heavy (non-hydrogen) atoms. The second-order valence-electron chi connectivity index (χ2n) is 3.73. The normalized spacial score (nSPS) is 13.8. The lowest BCUT2D eigenvalue weighted by atomic mass is 10.0. The average Bonchev–Trinajstić information content (AvgIpc) is 2.05. The van der Waals surface area contributed by atoms with Crippen LogP contribution in [0, 0.1) is 11.7 Å². The van der Waals surface area contributed by atoms with Gasteiger partial charge in [-0.15, -0.1) is 0 Å². The Kier molecular flexibility index (Phi) is 3.82. The highest BCUT2D eigenvalue weighted by Gasteiger charge is 2.13. The summed E-state index contributed by atoms with van der Waals surface area (Å²) in [5, 5.41) is 4.91. The molecule has 0 spiro atoms. The van der Waals surface area contributed by atoms with Gasteiger partial charge in [0.25, 0.3) is 0 Å². The van der Waals surface area contributed by atoms with Crippen LogP contribution in [0.15, 0.2) is 24.3 Å². The Balaban J connectivity index is 2.67.